The molecule has 1 aliphatic rings. The van der Waals surface area contributed by atoms with Crippen LogP contribution in [0, 0.1) is 6.92 Å². The van der Waals surface area contributed by atoms with Crippen molar-refractivity contribution in [1.82, 2.24) is 24.9 Å². The second-order valence-electron chi connectivity index (χ2n) is 7.99. The second-order valence-corrected chi connectivity index (χ2v) is 9.93. The number of amides is 2. The van der Waals surface area contributed by atoms with Crippen molar-refractivity contribution in [3.05, 3.63) is 71.5 Å². The van der Waals surface area contributed by atoms with E-state index in [4.69, 9.17) is 0 Å². The molecule has 34 heavy (non-hydrogen) atoms. The number of benzene rings is 2. The first-order chi connectivity index (χ1) is 16.3. The molecule has 178 valence electrons. The number of hydrazine groups is 1. The number of nitrogens with one attached hydrogen (secondary N) is 2. The molecule has 1 aromatic heterocycles. The van der Waals surface area contributed by atoms with Crippen molar-refractivity contribution >= 4 is 21.8 Å². The molecule has 2 heterocycles. The molecule has 11 heteroatoms. The highest BCUT2D eigenvalue weighted by Gasteiger charge is 2.27. The summed E-state index contributed by atoms with van der Waals surface area (Å²) in [7, 11) is -3.72. The van der Waals surface area contributed by atoms with Crippen LogP contribution in [-0.4, -0.2) is 52.5 Å². The van der Waals surface area contributed by atoms with E-state index >= 15 is 0 Å². The first-order valence-corrected chi connectivity index (χ1v) is 12.3. The molecule has 4 rings (SSSR count). The highest BCUT2D eigenvalue weighted by atomic mass is 32.2. The van der Waals surface area contributed by atoms with Gasteiger partial charge in [-0.1, -0.05) is 30.7 Å². The molecule has 2 aromatic carbocycles. The van der Waals surface area contributed by atoms with Crippen molar-refractivity contribution < 1.29 is 23.1 Å². The van der Waals surface area contributed by atoms with Crippen LogP contribution < -0.4 is 10.9 Å². The van der Waals surface area contributed by atoms with Gasteiger partial charge >= 0.3 is 0 Å². The van der Waals surface area contributed by atoms with E-state index in [1.54, 1.807) is 37.3 Å². The molecule has 2 amide bonds. The number of hydrogen-bond acceptors (Lipinski definition) is 6. The molecule has 0 atom stereocenters. The Morgan fingerprint density at radius 1 is 0.971 bits per heavy atom. The quantitative estimate of drug-likeness (QED) is 0.476. The summed E-state index contributed by atoms with van der Waals surface area (Å²) in [5.74, 6) is -1.87. The van der Waals surface area contributed by atoms with E-state index in [-0.39, 0.29) is 21.9 Å². The lowest BCUT2D eigenvalue weighted by Crippen LogP contribution is -2.42. The number of piperidine rings is 1. The molecule has 3 aromatic rings. The number of nitrogens with zero attached hydrogens (tertiary/aromatic N) is 3. The predicted octanol–water partition coefficient (Wildman–Crippen LogP) is 2.14. The Morgan fingerprint density at radius 3 is 2.35 bits per heavy atom. The molecule has 1 fully saturated rings. The monoisotopic (exact) mass is 483 g/mol. The zero-order valence-electron chi connectivity index (χ0n) is 18.6. The zero-order chi connectivity index (χ0) is 24.3. The fourth-order valence-electron chi connectivity index (χ4n) is 3.74. The number of hydrogen-bond donors (Lipinski definition) is 3. The van der Waals surface area contributed by atoms with Crippen molar-refractivity contribution in [3.8, 4) is 11.4 Å². The van der Waals surface area contributed by atoms with E-state index in [1.165, 1.54) is 27.3 Å². The van der Waals surface area contributed by atoms with E-state index < -0.39 is 21.8 Å². The minimum Gasteiger partial charge on any atom is -0.504 e. The number of rotatable bonds is 5. The molecule has 0 radical (unpaired) electrons. The largest absolute Gasteiger partial charge is 0.504 e. The number of sulfonamides is 1. The number of aryl methyl sites for hydroxylation is 1. The topological polar surface area (TPSA) is 134 Å². The molecule has 1 saturated heterocycles. The van der Waals surface area contributed by atoms with Gasteiger partial charge in [0.2, 0.25) is 10.0 Å². The fourth-order valence-corrected chi connectivity index (χ4v) is 5.28. The standard InChI is InChI=1S/C23H25N5O5S/c1-16-10-11-18(34(32,33)27-12-6-3-7-13-27)14-19(16)22(30)24-25-23(31)21-20(29)15-28(26-21)17-8-4-2-5-9-17/h2,4-5,8-11,14-15,29H,3,6-7,12-13H2,1H3,(H,24,30)(H,25,31). The molecule has 0 saturated carbocycles. The number of aromatic hydroxyl groups is 1. The maximum absolute atomic E-state index is 13.0. The molecular weight excluding hydrogens is 458 g/mol. The van der Waals surface area contributed by atoms with Crippen molar-refractivity contribution in [1.29, 1.82) is 0 Å². The zero-order valence-corrected chi connectivity index (χ0v) is 19.4. The van der Waals surface area contributed by atoms with Gasteiger partial charge in [-0.2, -0.15) is 9.40 Å². The average molecular weight is 484 g/mol. The summed E-state index contributed by atoms with van der Waals surface area (Å²) in [5.41, 5.74) is 5.50. The maximum atomic E-state index is 13.0. The van der Waals surface area contributed by atoms with Gasteiger partial charge < -0.3 is 5.11 Å². The van der Waals surface area contributed by atoms with Gasteiger partial charge in [0.25, 0.3) is 11.8 Å². The van der Waals surface area contributed by atoms with Crippen molar-refractivity contribution in [2.75, 3.05) is 13.1 Å². The normalized spacial score (nSPS) is 14.5. The van der Waals surface area contributed by atoms with Crippen molar-refractivity contribution in [2.45, 2.75) is 31.1 Å². The van der Waals surface area contributed by atoms with Gasteiger partial charge in [-0.25, -0.2) is 13.1 Å². The Hall–Kier alpha value is -3.70. The van der Waals surface area contributed by atoms with E-state index in [0.29, 0.717) is 24.3 Å². The predicted molar refractivity (Wildman–Crippen MR) is 124 cm³/mol. The number of para-hydroxylation sites is 1. The third-order valence-corrected chi connectivity index (χ3v) is 7.52. The van der Waals surface area contributed by atoms with E-state index in [2.05, 4.69) is 16.0 Å². The highest BCUT2D eigenvalue weighted by Crippen LogP contribution is 2.23. The SMILES string of the molecule is Cc1ccc(S(=O)(=O)N2CCCCC2)cc1C(=O)NNC(=O)c1nn(-c2ccccc2)cc1O. The summed E-state index contributed by atoms with van der Waals surface area (Å²) in [6.45, 7) is 2.57. The highest BCUT2D eigenvalue weighted by molar-refractivity contribution is 7.89. The lowest BCUT2D eigenvalue weighted by Gasteiger charge is -2.26. The molecule has 1 aliphatic heterocycles. The lowest BCUT2D eigenvalue weighted by atomic mass is 10.1. The molecule has 0 aliphatic carbocycles. The van der Waals surface area contributed by atoms with Crippen LogP contribution in [0.25, 0.3) is 5.69 Å². The summed E-state index contributed by atoms with van der Waals surface area (Å²) in [5, 5.41) is 14.2. The van der Waals surface area contributed by atoms with Crippen molar-refractivity contribution in [3.63, 3.8) is 0 Å². The fraction of sp³-hybridized carbons (Fsp3) is 0.261. The number of aromatic nitrogens is 2. The van der Waals surface area contributed by atoms with Crippen LogP contribution >= 0.6 is 0 Å². The number of carbonyl (C=O) groups is 2. The summed E-state index contributed by atoms with van der Waals surface area (Å²) in [4.78, 5) is 25.3. The van der Waals surface area contributed by atoms with Gasteiger partial charge in [-0.05, 0) is 49.6 Å². The molecule has 0 bridgehead atoms. The van der Waals surface area contributed by atoms with Crippen LogP contribution in [0.4, 0.5) is 0 Å². The summed E-state index contributed by atoms with van der Waals surface area (Å²) in [6, 6.07) is 13.2. The van der Waals surface area contributed by atoms with E-state index in [9.17, 15) is 23.1 Å². The van der Waals surface area contributed by atoms with Gasteiger partial charge in [0, 0.05) is 18.7 Å². The van der Waals surface area contributed by atoms with Crippen LogP contribution in [-0.2, 0) is 10.0 Å². The van der Waals surface area contributed by atoms with Crippen LogP contribution in [0.3, 0.4) is 0 Å². The minimum atomic E-state index is -3.72. The van der Waals surface area contributed by atoms with Gasteiger partial charge in [0.05, 0.1) is 16.8 Å². The second kappa shape index (κ2) is 9.65. The summed E-state index contributed by atoms with van der Waals surface area (Å²) >= 11 is 0. The Balaban J connectivity index is 1.48. The number of carbonyl (C=O) groups excluding carboxylic acids is 2. The third-order valence-electron chi connectivity index (χ3n) is 5.63. The van der Waals surface area contributed by atoms with Crippen LogP contribution in [0.5, 0.6) is 5.75 Å². The minimum absolute atomic E-state index is 0.0238. The smallest absolute Gasteiger partial charge is 0.294 e. The Labute approximate surface area is 197 Å². The first kappa shape index (κ1) is 23.5. The Bertz CT molecular complexity index is 1310. The summed E-state index contributed by atoms with van der Waals surface area (Å²) < 4.78 is 28.7. The van der Waals surface area contributed by atoms with Gasteiger partial charge in [-0.15, -0.1) is 0 Å². The van der Waals surface area contributed by atoms with Crippen molar-refractivity contribution in [2.24, 2.45) is 0 Å². The van der Waals surface area contributed by atoms with Crippen LogP contribution in [0.1, 0.15) is 45.7 Å². The summed E-state index contributed by atoms with van der Waals surface area (Å²) in [6.07, 6.45) is 3.88. The molecule has 10 nitrogen and oxygen atoms in total. The molecule has 0 spiro atoms. The van der Waals surface area contributed by atoms with Crippen LogP contribution in [0.2, 0.25) is 0 Å². The maximum Gasteiger partial charge on any atom is 0.294 e. The lowest BCUT2D eigenvalue weighted by molar-refractivity contribution is 0.0841. The van der Waals surface area contributed by atoms with Crippen LogP contribution in [0.15, 0.2) is 59.6 Å². The Morgan fingerprint density at radius 2 is 1.65 bits per heavy atom. The van der Waals surface area contributed by atoms with Gasteiger partial charge in [-0.3, -0.25) is 20.4 Å². The first-order valence-electron chi connectivity index (χ1n) is 10.8. The molecule has 3 N–H and O–H groups in total. The van der Waals surface area contributed by atoms with E-state index in [0.717, 1.165) is 19.3 Å². The molecule has 0 unspecified atom stereocenters. The van der Waals surface area contributed by atoms with E-state index in [1.807, 2.05) is 6.07 Å². The van der Waals surface area contributed by atoms with Gasteiger partial charge in [0.1, 0.15) is 0 Å². The average Bonchev–Trinajstić information content (AvgIpc) is 3.25. The molecular formula is C23H25N5O5S. The Kier molecular flexibility index (Phi) is 6.66. The third kappa shape index (κ3) is 4.80. The van der Waals surface area contributed by atoms with Gasteiger partial charge in [0.15, 0.2) is 11.4 Å².